The van der Waals surface area contributed by atoms with Gasteiger partial charge in [0.15, 0.2) is 0 Å². The first-order valence-corrected chi connectivity index (χ1v) is 5.82. The van der Waals surface area contributed by atoms with E-state index in [-0.39, 0.29) is 0 Å². The van der Waals surface area contributed by atoms with Crippen molar-refractivity contribution in [2.75, 3.05) is 21.1 Å². The number of aromatic nitrogens is 3. The minimum atomic E-state index is -4.39. The van der Waals surface area contributed by atoms with Crippen LogP contribution in [-0.2, 0) is 6.18 Å². The van der Waals surface area contributed by atoms with Crippen molar-refractivity contribution in [2.24, 2.45) is 0 Å². The minimum Gasteiger partial charge on any atom is -0.391 e. The lowest BCUT2D eigenvalue weighted by Gasteiger charge is -2.17. The van der Waals surface area contributed by atoms with Crippen LogP contribution in [-0.4, -0.2) is 41.0 Å². The summed E-state index contributed by atoms with van der Waals surface area (Å²) in [5.41, 5.74) is -0.0204. The van der Waals surface area contributed by atoms with Gasteiger partial charge in [0, 0.05) is 27.3 Å². The highest BCUT2D eigenvalue weighted by molar-refractivity contribution is 5.78. The van der Waals surface area contributed by atoms with Crippen LogP contribution in [0.25, 0.3) is 16.9 Å². The monoisotopic (exact) mass is 285 g/mol. The van der Waals surface area contributed by atoms with E-state index in [1.165, 1.54) is 10.7 Å². The highest BCUT2D eigenvalue weighted by atomic mass is 19.4. The zero-order valence-corrected chi connectivity index (χ0v) is 11.2. The van der Waals surface area contributed by atoms with Gasteiger partial charge in [-0.1, -0.05) is 5.21 Å². The van der Waals surface area contributed by atoms with Gasteiger partial charge >= 0.3 is 6.18 Å². The smallest absolute Gasteiger partial charge is 0.391 e. The topological polar surface area (TPSA) is 46.0 Å². The van der Waals surface area contributed by atoms with Crippen LogP contribution in [0.2, 0.25) is 0 Å². The van der Waals surface area contributed by atoms with Crippen LogP contribution in [0.3, 0.4) is 0 Å². The number of halogens is 3. The third-order valence-electron chi connectivity index (χ3n) is 2.72. The van der Waals surface area contributed by atoms with E-state index < -0.39 is 11.7 Å². The van der Waals surface area contributed by atoms with E-state index in [9.17, 15) is 13.2 Å². The van der Waals surface area contributed by atoms with Gasteiger partial charge in [-0.2, -0.15) is 17.9 Å². The van der Waals surface area contributed by atoms with Crippen LogP contribution in [0.1, 0.15) is 5.56 Å². The van der Waals surface area contributed by atoms with E-state index in [2.05, 4.69) is 15.6 Å². The Hall–Kier alpha value is -2.25. The molecule has 1 N–H and O–H groups in total. The van der Waals surface area contributed by atoms with Crippen LogP contribution in [0.5, 0.6) is 0 Å². The standard InChI is InChI=1S/C12H14F3N5/c1-16-7-11(19(2)3)20-10-6-8(12(13,14)15)4-5-9(10)17-18-20/h4-7,16H,1-3H3. The molecule has 1 heterocycles. The molecule has 0 bridgehead atoms. The van der Waals surface area contributed by atoms with Crippen molar-refractivity contribution in [2.45, 2.75) is 6.18 Å². The van der Waals surface area contributed by atoms with E-state index >= 15 is 0 Å². The lowest BCUT2D eigenvalue weighted by molar-refractivity contribution is -0.137. The predicted octanol–water partition coefficient (Wildman–Crippen LogP) is 1.99. The van der Waals surface area contributed by atoms with E-state index in [4.69, 9.17) is 0 Å². The van der Waals surface area contributed by atoms with Crippen molar-refractivity contribution in [3.8, 4) is 0 Å². The molecule has 108 valence electrons. The summed E-state index contributed by atoms with van der Waals surface area (Å²) in [7, 11) is 5.23. The van der Waals surface area contributed by atoms with E-state index in [0.717, 1.165) is 12.1 Å². The second kappa shape index (κ2) is 5.03. The number of fused-ring (bicyclic) bond motifs is 1. The van der Waals surface area contributed by atoms with Gasteiger partial charge in [0.25, 0.3) is 0 Å². The average Bonchev–Trinajstić information content (AvgIpc) is 2.77. The second-order valence-corrected chi connectivity index (χ2v) is 4.39. The summed E-state index contributed by atoms with van der Waals surface area (Å²) in [6.45, 7) is 0. The Balaban J connectivity index is 2.63. The molecule has 20 heavy (non-hydrogen) atoms. The van der Waals surface area contributed by atoms with E-state index in [1.807, 2.05) is 0 Å². The molecule has 0 amide bonds. The number of nitrogens with zero attached hydrogens (tertiary/aromatic N) is 4. The first-order valence-electron chi connectivity index (χ1n) is 5.82. The van der Waals surface area contributed by atoms with Crippen LogP contribution < -0.4 is 5.32 Å². The molecule has 5 nitrogen and oxygen atoms in total. The quantitative estimate of drug-likeness (QED) is 0.937. The Morgan fingerprint density at radius 3 is 2.60 bits per heavy atom. The van der Waals surface area contributed by atoms with Crippen molar-refractivity contribution in [3.05, 3.63) is 30.0 Å². The van der Waals surface area contributed by atoms with Crippen LogP contribution >= 0.6 is 0 Å². The van der Waals surface area contributed by atoms with Crippen LogP contribution in [0.4, 0.5) is 13.2 Å². The summed E-state index contributed by atoms with van der Waals surface area (Å²) in [5.74, 6) is 0.578. The normalized spacial score (nSPS) is 12.8. The molecule has 0 unspecified atom stereocenters. The van der Waals surface area contributed by atoms with Gasteiger partial charge in [0.05, 0.1) is 11.1 Å². The number of hydrogen-bond acceptors (Lipinski definition) is 4. The highest BCUT2D eigenvalue weighted by Gasteiger charge is 2.31. The minimum absolute atomic E-state index is 0.301. The van der Waals surface area contributed by atoms with Gasteiger partial charge in [0.1, 0.15) is 11.3 Å². The first-order chi connectivity index (χ1) is 9.34. The maximum Gasteiger partial charge on any atom is 0.416 e. The fraction of sp³-hybridized carbons (Fsp3) is 0.333. The molecular weight excluding hydrogens is 271 g/mol. The van der Waals surface area contributed by atoms with Gasteiger partial charge in [-0.25, -0.2) is 0 Å². The molecule has 2 rings (SSSR count). The van der Waals surface area contributed by atoms with E-state index in [1.54, 1.807) is 32.2 Å². The zero-order valence-electron chi connectivity index (χ0n) is 11.2. The number of rotatable bonds is 3. The van der Waals surface area contributed by atoms with Crippen molar-refractivity contribution in [1.29, 1.82) is 0 Å². The Labute approximate surface area is 113 Å². The Bertz CT molecular complexity index is 642. The summed E-state index contributed by atoms with van der Waals surface area (Å²) in [6.07, 6.45) is -2.76. The summed E-state index contributed by atoms with van der Waals surface area (Å²) in [4.78, 5) is 1.73. The number of hydrogen-bond donors (Lipinski definition) is 1. The SMILES string of the molecule is CNC=C(N(C)C)n1nnc2ccc(C(F)(F)F)cc21. The molecule has 0 aliphatic heterocycles. The zero-order chi connectivity index (χ0) is 14.9. The molecule has 0 atom stereocenters. The Morgan fingerprint density at radius 2 is 2.05 bits per heavy atom. The molecular formula is C12H14F3N5. The molecule has 0 aliphatic carbocycles. The summed E-state index contributed by atoms with van der Waals surface area (Å²) in [5, 5.41) is 10.6. The van der Waals surface area contributed by atoms with Crippen molar-refractivity contribution in [1.82, 2.24) is 25.2 Å². The van der Waals surface area contributed by atoms with Gasteiger partial charge in [0.2, 0.25) is 0 Å². The number of benzene rings is 1. The largest absolute Gasteiger partial charge is 0.416 e. The molecule has 0 aliphatic rings. The molecule has 8 heteroatoms. The van der Waals surface area contributed by atoms with Gasteiger partial charge in [-0.05, 0) is 18.2 Å². The average molecular weight is 285 g/mol. The molecule has 2 aromatic rings. The molecule has 1 aromatic heterocycles. The van der Waals surface area contributed by atoms with Crippen molar-refractivity contribution in [3.63, 3.8) is 0 Å². The summed E-state index contributed by atoms with van der Waals surface area (Å²) < 4.78 is 39.7. The highest BCUT2D eigenvalue weighted by Crippen LogP contribution is 2.31. The molecule has 0 saturated carbocycles. The maximum atomic E-state index is 12.8. The van der Waals surface area contributed by atoms with Gasteiger partial charge in [-0.15, -0.1) is 5.10 Å². The van der Waals surface area contributed by atoms with Crippen LogP contribution in [0.15, 0.2) is 24.4 Å². The molecule has 0 radical (unpaired) electrons. The predicted molar refractivity (Wildman–Crippen MR) is 69.5 cm³/mol. The summed E-state index contributed by atoms with van der Waals surface area (Å²) in [6, 6.07) is 3.36. The third kappa shape index (κ3) is 2.54. The Kier molecular flexibility index (Phi) is 3.56. The van der Waals surface area contributed by atoms with Crippen molar-refractivity contribution < 1.29 is 13.2 Å². The first kappa shape index (κ1) is 14.2. The number of alkyl halides is 3. The number of nitrogens with one attached hydrogen (secondary N) is 1. The van der Waals surface area contributed by atoms with Crippen LogP contribution in [0, 0.1) is 0 Å². The molecule has 1 aromatic carbocycles. The second-order valence-electron chi connectivity index (χ2n) is 4.39. The lowest BCUT2D eigenvalue weighted by Crippen LogP contribution is -2.19. The summed E-state index contributed by atoms with van der Waals surface area (Å²) >= 11 is 0. The van der Waals surface area contributed by atoms with Gasteiger partial charge < -0.3 is 10.2 Å². The fourth-order valence-corrected chi connectivity index (χ4v) is 1.77. The van der Waals surface area contributed by atoms with Gasteiger partial charge in [-0.3, -0.25) is 0 Å². The fourth-order valence-electron chi connectivity index (χ4n) is 1.77. The molecule has 0 fully saturated rings. The third-order valence-corrected chi connectivity index (χ3v) is 2.72. The Morgan fingerprint density at radius 1 is 1.35 bits per heavy atom. The van der Waals surface area contributed by atoms with E-state index in [0.29, 0.717) is 16.9 Å². The maximum absolute atomic E-state index is 12.8. The molecule has 0 saturated heterocycles. The van der Waals surface area contributed by atoms with Crippen molar-refractivity contribution >= 4 is 16.9 Å². The lowest BCUT2D eigenvalue weighted by atomic mass is 10.2. The molecule has 0 spiro atoms.